The van der Waals surface area contributed by atoms with Crippen molar-refractivity contribution in [3.63, 3.8) is 0 Å². The first-order chi connectivity index (χ1) is 11.4. The molecule has 3 nitrogen and oxygen atoms in total. The van der Waals surface area contributed by atoms with Crippen LogP contribution in [0.25, 0.3) is 22.0 Å². The Morgan fingerprint density at radius 3 is 2.46 bits per heavy atom. The third kappa shape index (κ3) is 2.85. The van der Waals surface area contributed by atoms with E-state index in [1.807, 2.05) is 56.3 Å². The Hall–Kier alpha value is -2.10. The summed E-state index contributed by atoms with van der Waals surface area (Å²) in [5.74, 6) is -0.130. The molecule has 3 rings (SSSR count). The molecule has 2 aromatic carbocycles. The van der Waals surface area contributed by atoms with Crippen LogP contribution in [0, 0.1) is 5.92 Å². The summed E-state index contributed by atoms with van der Waals surface area (Å²) in [5.41, 5.74) is 3.41. The molecule has 1 heterocycles. The summed E-state index contributed by atoms with van der Waals surface area (Å²) in [4.78, 5) is 12.6. The summed E-state index contributed by atoms with van der Waals surface area (Å²) in [7, 11) is 0. The highest BCUT2D eigenvalue weighted by Crippen LogP contribution is 2.33. The third-order valence-electron chi connectivity index (χ3n) is 4.20. The molecular weight excluding hydrogens is 322 g/mol. The normalized spacial score (nSPS) is 12.8. The second-order valence-electron chi connectivity index (χ2n) is 6.34. The van der Waals surface area contributed by atoms with Gasteiger partial charge in [0.2, 0.25) is 5.91 Å². The van der Waals surface area contributed by atoms with Gasteiger partial charge in [0.25, 0.3) is 0 Å². The second kappa shape index (κ2) is 6.42. The minimum absolute atomic E-state index is 0.00297. The van der Waals surface area contributed by atoms with Crippen molar-refractivity contribution in [2.75, 3.05) is 0 Å². The fourth-order valence-electron chi connectivity index (χ4n) is 2.91. The van der Waals surface area contributed by atoms with Crippen LogP contribution in [-0.2, 0) is 0 Å². The summed E-state index contributed by atoms with van der Waals surface area (Å²) >= 11 is 6.30. The lowest BCUT2D eigenvalue weighted by atomic mass is 10.0. The predicted molar refractivity (Wildman–Crippen MR) is 98.5 cm³/mol. The van der Waals surface area contributed by atoms with Gasteiger partial charge in [0.15, 0.2) is 0 Å². The fourth-order valence-corrected chi connectivity index (χ4v) is 3.15. The minimum Gasteiger partial charge on any atom is -0.389 e. The Morgan fingerprint density at radius 1 is 1.12 bits per heavy atom. The highest BCUT2D eigenvalue weighted by atomic mass is 35.5. The van der Waals surface area contributed by atoms with Gasteiger partial charge >= 0.3 is 0 Å². The van der Waals surface area contributed by atoms with Crippen molar-refractivity contribution in [1.29, 1.82) is 0 Å². The van der Waals surface area contributed by atoms with E-state index in [1.54, 1.807) is 17.7 Å². The Balaban J connectivity index is 2.26. The van der Waals surface area contributed by atoms with Gasteiger partial charge in [-0.3, -0.25) is 9.36 Å². The third-order valence-corrected chi connectivity index (χ3v) is 4.53. The van der Waals surface area contributed by atoms with E-state index in [9.17, 15) is 9.90 Å². The van der Waals surface area contributed by atoms with Crippen molar-refractivity contribution >= 4 is 28.4 Å². The lowest BCUT2D eigenvalue weighted by molar-refractivity contribution is 0.0860. The van der Waals surface area contributed by atoms with Gasteiger partial charge in [-0.15, -0.1) is 0 Å². The lowest BCUT2D eigenvalue weighted by Gasteiger charge is -2.09. The SMILES string of the molecule is CC(C)C(=O)n1cc(C(C)O)c2ccc(-c3ccccc3Cl)cc21. The quantitative estimate of drug-likeness (QED) is 0.701. The number of hydrogen-bond donors (Lipinski definition) is 1. The number of carbonyl (C=O) groups is 1. The minimum atomic E-state index is -0.639. The van der Waals surface area contributed by atoms with Crippen molar-refractivity contribution in [3.8, 4) is 11.1 Å². The average Bonchev–Trinajstić information content (AvgIpc) is 2.93. The zero-order valence-corrected chi connectivity index (χ0v) is 14.7. The maximum absolute atomic E-state index is 12.6. The number of fused-ring (bicyclic) bond motifs is 1. The molecule has 1 atom stereocenters. The maximum Gasteiger partial charge on any atom is 0.233 e. The fraction of sp³-hybridized carbons (Fsp3) is 0.250. The van der Waals surface area contributed by atoms with Crippen LogP contribution in [0.3, 0.4) is 0 Å². The number of aliphatic hydroxyl groups is 1. The number of aliphatic hydroxyl groups excluding tert-OH is 1. The van der Waals surface area contributed by atoms with Crippen LogP contribution in [-0.4, -0.2) is 15.6 Å². The van der Waals surface area contributed by atoms with Crippen molar-refractivity contribution in [3.05, 3.63) is 59.2 Å². The summed E-state index contributed by atoms with van der Waals surface area (Å²) in [6.45, 7) is 5.45. The van der Waals surface area contributed by atoms with Crippen LogP contribution in [0.1, 0.15) is 37.2 Å². The molecule has 1 aromatic heterocycles. The molecule has 0 aliphatic heterocycles. The molecule has 0 aliphatic rings. The molecular formula is C20H20ClNO2. The molecule has 124 valence electrons. The van der Waals surface area contributed by atoms with Gasteiger partial charge in [0, 0.05) is 33.7 Å². The molecule has 0 fully saturated rings. The molecule has 0 saturated heterocycles. The first-order valence-corrected chi connectivity index (χ1v) is 8.40. The predicted octanol–water partition coefficient (Wildman–Crippen LogP) is 5.31. The van der Waals surface area contributed by atoms with Gasteiger partial charge < -0.3 is 5.11 Å². The Bertz CT molecular complexity index is 909. The number of aromatic nitrogens is 1. The van der Waals surface area contributed by atoms with Crippen LogP contribution < -0.4 is 0 Å². The maximum atomic E-state index is 12.6. The molecule has 1 unspecified atom stereocenters. The highest BCUT2D eigenvalue weighted by molar-refractivity contribution is 6.33. The molecule has 3 aromatic rings. The highest BCUT2D eigenvalue weighted by Gasteiger charge is 2.19. The van der Waals surface area contributed by atoms with Crippen molar-refractivity contribution in [2.24, 2.45) is 5.92 Å². The molecule has 24 heavy (non-hydrogen) atoms. The van der Waals surface area contributed by atoms with Crippen LogP contribution in [0.4, 0.5) is 0 Å². The van der Waals surface area contributed by atoms with Gasteiger partial charge in [0.05, 0.1) is 11.6 Å². The van der Waals surface area contributed by atoms with E-state index in [0.717, 1.165) is 27.6 Å². The first kappa shape index (κ1) is 16.7. The van der Waals surface area contributed by atoms with Crippen molar-refractivity contribution < 1.29 is 9.90 Å². The summed E-state index contributed by atoms with van der Waals surface area (Å²) in [6, 6.07) is 13.5. The van der Waals surface area contributed by atoms with Crippen LogP contribution in [0.5, 0.6) is 0 Å². The van der Waals surface area contributed by atoms with Crippen LogP contribution in [0.15, 0.2) is 48.7 Å². The monoisotopic (exact) mass is 341 g/mol. The number of hydrogen-bond acceptors (Lipinski definition) is 2. The smallest absolute Gasteiger partial charge is 0.233 e. The van der Waals surface area contributed by atoms with Crippen LogP contribution in [0.2, 0.25) is 5.02 Å². The molecule has 0 spiro atoms. The number of halogens is 1. The van der Waals surface area contributed by atoms with Crippen molar-refractivity contribution in [1.82, 2.24) is 4.57 Å². The largest absolute Gasteiger partial charge is 0.389 e. The van der Waals surface area contributed by atoms with Gasteiger partial charge in [-0.25, -0.2) is 0 Å². The molecule has 1 N–H and O–H groups in total. The van der Waals surface area contributed by atoms with Gasteiger partial charge in [-0.05, 0) is 24.6 Å². The van der Waals surface area contributed by atoms with E-state index in [4.69, 9.17) is 11.6 Å². The molecule has 0 aliphatic carbocycles. The van der Waals surface area contributed by atoms with E-state index in [1.165, 1.54) is 0 Å². The Kier molecular flexibility index (Phi) is 4.48. The molecule has 4 heteroatoms. The Labute approximate surface area is 146 Å². The number of rotatable bonds is 3. The topological polar surface area (TPSA) is 42.2 Å². The zero-order valence-electron chi connectivity index (χ0n) is 14.0. The Morgan fingerprint density at radius 2 is 1.83 bits per heavy atom. The lowest BCUT2D eigenvalue weighted by Crippen LogP contribution is -2.15. The van der Waals surface area contributed by atoms with E-state index >= 15 is 0 Å². The number of benzene rings is 2. The first-order valence-electron chi connectivity index (χ1n) is 8.02. The molecule has 0 saturated carbocycles. The van der Waals surface area contributed by atoms with Gasteiger partial charge in [-0.1, -0.05) is 55.8 Å². The van der Waals surface area contributed by atoms with Gasteiger partial charge in [0.1, 0.15) is 0 Å². The molecule has 0 bridgehead atoms. The molecule has 0 amide bonds. The van der Waals surface area contributed by atoms with E-state index < -0.39 is 6.10 Å². The number of carbonyl (C=O) groups excluding carboxylic acids is 1. The number of nitrogens with zero attached hydrogens (tertiary/aromatic N) is 1. The standard InChI is InChI=1S/C20H20ClNO2/c1-12(2)20(24)22-11-17(13(3)23)16-9-8-14(10-19(16)22)15-6-4-5-7-18(15)21/h4-13,23H,1-3H3. The van der Waals surface area contributed by atoms with E-state index in [0.29, 0.717) is 5.02 Å². The van der Waals surface area contributed by atoms with E-state index in [-0.39, 0.29) is 11.8 Å². The molecule has 0 radical (unpaired) electrons. The van der Waals surface area contributed by atoms with Crippen LogP contribution >= 0.6 is 11.6 Å². The average molecular weight is 342 g/mol. The second-order valence-corrected chi connectivity index (χ2v) is 6.74. The summed E-state index contributed by atoms with van der Waals surface area (Å²) in [5, 5.41) is 11.6. The van der Waals surface area contributed by atoms with Gasteiger partial charge in [-0.2, -0.15) is 0 Å². The zero-order chi connectivity index (χ0) is 17.4. The summed E-state index contributed by atoms with van der Waals surface area (Å²) < 4.78 is 1.64. The van der Waals surface area contributed by atoms with E-state index in [2.05, 4.69) is 0 Å². The van der Waals surface area contributed by atoms with Crippen molar-refractivity contribution in [2.45, 2.75) is 26.9 Å². The summed E-state index contributed by atoms with van der Waals surface area (Å²) in [6.07, 6.45) is 1.11.